The summed E-state index contributed by atoms with van der Waals surface area (Å²) in [5.74, 6) is 0.652. The summed E-state index contributed by atoms with van der Waals surface area (Å²) in [4.78, 5) is 0. The fourth-order valence-corrected chi connectivity index (χ4v) is 2.32. The van der Waals surface area contributed by atoms with Gasteiger partial charge < -0.3 is 9.68 Å². The van der Waals surface area contributed by atoms with E-state index in [9.17, 15) is 0 Å². The summed E-state index contributed by atoms with van der Waals surface area (Å²) < 4.78 is 5.21. The minimum absolute atomic E-state index is 0.652. The van der Waals surface area contributed by atoms with Gasteiger partial charge in [-0.1, -0.05) is 60.7 Å². The van der Waals surface area contributed by atoms with Crippen molar-refractivity contribution in [3.05, 3.63) is 66.7 Å². The molecule has 0 spiro atoms. The maximum absolute atomic E-state index is 8.89. The van der Waals surface area contributed by atoms with Crippen LogP contribution in [0.2, 0.25) is 0 Å². The van der Waals surface area contributed by atoms with E-state index >= 15 is 0 Å². The molecule has 91 valence electrons. The highest BCUT2D eigenvalue weighted by atomic mass is 16.5. The van der Waals surface area contributed by atoms with Gasteiger partial charge in [-0.3, -0.25) is 0 Å². The number of hydrogen-bond donors (Lipinski definition) is 1. The van der Waals surface area contributed by atoms with Crippen LogP contribution in [-0.2, 0) is 0 Å². The molecule has 0 bridgehead atoms. The predicted octanol–water partition coefficient (Wildman–Crippen LogP) is 3.41. The van der Waals surface area contributed by atoms with Gasteiger partial charge in [-0.05, 0) is 22.6 Å². The summed E-state index contributed by atoms with van der Waals surface area (Å²) >= 11 is 0. The number of benzene rings is 3. The van der Waals surface area contributed by atoms with Crippen LogP contribution in [0.5, 0.6) is 5.75 Å². The predicted molar refractivity (Wildman–Crippen MR) is 78.0 cm³/mol. The van der Waals surface area contributed by atoms with Crippen molar-refractivity contribution in [3.8, 4) is 16.9 Å². The van der Waals surface area contributed by atoms with E-state index in [4.69, 9.17) is 9.68 Å². The standard InChI is InChI=1S/C16H12BO2/c18-17-19-15-11-5-9-13-8-4-10-14(16(13)15)12-6-2-1-3-7-12/h1-11,18H. The zero-order chi connectivity index (χ0) is 13.1. The van der Waals surface area contributed by atoms with E-state index in [0.29, 0.717) is 5.75 Å². The molecule has 1 N–H and O–H groups in total. The second-order valence-corrected chi connectivity index (χ2v) is 4.25. The fraction of sp³-hybridized carbons (Fsp3) is 0. The SMILES string of the molecule is O[B]Oc1cccc2cccc(-c3ccccc3)c12. The minimum Gasteiger partial charge on any atom is -0.537 e. The van der Waals surface area contributed by atoms with E-state index < -0.39 is 0 Å². The Morgan fingerprint density at radius 2 is 1.53 bits per heavy atom. The molecule has 0 aliphatic carbocycles. The van der Waals surface area contributed by atoms with Gasteiger partial charge in [0.2, 0.25) is 0 Å². The zero-order valence-electron chi connectivity index (χ0n) is 10.3. The van der Waals surface area contributed by atoms with Gasteiger partial charge in [-0.2, -0.15) is 0 Å². The quantitative estimate of drug-likeness (QED) is 0.718. The summed E-state index contributed by atoms with van der Waals surface area (Å²) in [6.45, 7) is 0. The van der Waals surface area contributed by atoms with Gasteiger partial charge in [-0.15, -0.1) is 0 Å². The van der Waals surface area contributed by atoms with E-state index in [1.165, 1.54) is 0 Å². The molecule has 3 rings (SSSR count). The highest BCUT2D eigenvalue weighted by molar-refractivity contribution is 6.18. The first-order chi connectivity index (χ1) is 9.40. The monoisotopic (exact) mass is 247 g/mol. The molecule has 0 unspecified atom stereocenters. The Labute approximate surface area is 112 Å². The minimum atomic E-state index is 0.652. The van der Waals surface area contributed by atoms with Gasteiger partial charge in [0, 0.05) is 5.39 Å². The molecule has 0 saturated heterocycles. The van der Waals surface area contributed by atoms with E-state index in [-0.39, 0.29) is 0 Å². The molecule has 2 nitrogen and oxygen atoms in total. The lowest BCUT2D eigenvalue weighted by Crippen LogP contribution is -2.00. The Kier molecular flexibility index (Phi) is 3.21. The Morgan fingerprint density at radius 3 is 2.26 bits per heavy atom. The van der Waals surface area contributed by atoms with Crippen molar-refractivity contribution in [3.63, 3.8) is 0 Å². The summed E-state index contributed by atoms with van der Waals surface area (Å²) in [6.07, 6.45) is 0. The van der Waals surface area contributed by atoms with Crippen molar-refractivity contribution < 1.29 is 9.68 Å². The van der Waals surface area contributed by atoms with Crippen molar-refractivity contribution in [2.45, 2.75) is 0 Å². The number of hydrogen-bond acceptors (Lipinski definition) is 2. The molecule has 0 atom stereocenters. The lowest BCUT2D eigenvalue weighted by atomic mass is 9.97. The van der Waals surface area contributed by atoms with E-state index in [1.54, 1.807) is 0 Å². The van der Waals surface area contributed by atoms with Crippen molar-refractivity contribution in [1.29, 1.82) is 0 Å². The lowest BCUT2D eigenvalue weighted by molar-refractivity contribution is 0.457. The molecule has 3 aromatic carbocycles. The number of rotatable bonds is 3. The van der Waals surface area contributed by atoms with E-state index in [0.717, 1.165) is 29.6 Å². The molecule has 3 heteroatoms. The molecule has 0 fully saturated rings. The second kappa shape index (κ2) is 5.16. The van der Waals surface area contributed by atoms with Gasteiger partial charge in [0.1, 0.15) is 5.75 Å². The summed E-state index contributed by atoms with van der Waals surface area (Å²) in [7, 11) is 0.719. The van der Waals surface area contributed by atoms with Crippen LogP contribution >= 0.6 is 0 Å². The zero-order valence-corrected chi connectivity index (χ0v) is 10.3. The van der Waals surface area contributed by atoms with Gasteiger partial charge in [0.25, 0.3) is 0 Å². The summed E-state index contributed by atoms with van der Waals surface area (Å²) in [5, 5.41) is 11.0. The Bertz CT molecular complexity index is 690. The van der Waals surface area contributed by atoms with Crippen LogP contribution in [0.3, 0.4) is 0 Å². The van der Waals surface area contributed by atoms with Crippen LogP contribution in [0, 0.1) is 0 Å². The van der Waals surface area contributed by atoms with Crippen LogP contribution in [0.25, 0.3) is 21.9 Å². The van der Waals surface area contributed by atoms with Crippen molar-refractivity contribution >= 4 is 18.5 Å². The maximum Gasteiger partial charge on any atom is 0.569 e. The van der Waals surface area contributed by atoms with Crippen molar-refractivity contribution in [1.82, 2.24) is 0 Å². The molecule has 19 heavy (non-hydrogen) atoms. The van der Waals surface area contributed by atoms with Gasteiger partial charge in [0.15, 0.2) is 0 Å². The lowest BCUT2D eigenvalue weighted by Gasteiger charge is -2.11. The molecule has 0 aromatic heterocycles. The van der Waals surface area contributed by atoms with Crippen LogP contribution < -0.4 is 4.65 Å². The van der Waals surface area contributed by atoms with Gasteiger partial charge in [0.05, 0.1) is 0 Å². The van der Waals surface area contributed by atoms with Crippen LogP contribution in [0.15, 0.2) is 66.7 Å². The van der Waals surface area contributed by atoms with E-state index in [1.807, 2.05) is 48.5 Å². The van der Waals surface area contributed by atoms with Crippen LogP contribution in [-0.4, -0.2) is 12.7 Å². The Morgan fingerprint density at radius 1 is 0.789 bits per heavy atom. The first-order valence-corrected chi connectivity index (χ1v) is 6.10. The Balaban J connectivity index is 2.30. The molecule has 0 aliphatic heterocycles. The number of fused-ring (bicyclic) bond motifs is 1. The summed E-state index contributed by atoms with van der Waals surface area (Å²) in [5.41, 5.74) is 2.22. The molecule has 0 amide bonds. The maximum atomic E-state index is 8.89. The second-order valence-electron chi connectivity index (χ2n) is 4.25. The molecule has 0 saturated carbocycles. The topological polar surface area (TPSA) is 29.5 Å². The van der Waals surface area contributed by atoms with Crippen molar-refractivity contribution in [2.75, 3.05) is 0 Å². The Hall–Kier alpha value is -2.26. The highest BCUT2D eigenvalue weighted by Gasteiger charge is 2.08. The van der Waals surface area contributed by atoms with Crippen molar-refractivity contribution in [2.24, 2.45) is 0 Å². The first-order valence-electron chi connectivity index (χ1n) is 6.10. The van der Waals surface area contributed by atoms with Crippen LogP contribution in [0.4, 0.5) is 0 Å². The average Bonchev–Trinajstić information content (AvgIpc) is 2.48. The molecule has 1 radical (unpaired) electrons. The third kappa shape index (κ3) is 2.20. The van der Waals surface area contributed by atoms with Crippen LogP contribution in [0.1, 0.15) is 0 Å². The summed E-state index contributed by atoms with van der Waals surface area (Å²) in [6, 6.07) is 22.1. The molecular formula is C16H12BO2. The molecule has 0 heterocycles. The van der Waals surface area contributed by atoms with Gasteiger partial charge >= 0.3 is 7.69 Å². The normalized spacial score (nSPS) is 10.4. The van der Waals surface area contributed by atoms with E-state index in [2.05, 4.69) is 18.2 Å². The highest BCUT2D eigenvalue weighted by Crippen LogP contribution is 2.34. The average molecular weight is 247 g/mol. The molecule has 0 aliphatic rings. The third-order valence-corrected chi connectivity index (χ3v) is 3.13. The fourth-order valence-electron chi connectivity index (χ4n) is 2.32. The molecule has 3 aromatic rings. The third-order valence-electron chi connectivity index (χ3n) is 3.13. The largest absolute Gasteiger partial charge is 0.569 e. The van der Waals surface area contributed by atoms with Gasteiger partial charge in [-0.25, -0.2) is 0 Å². The first kappa shape index (κ1) is 11.8. The molecular weight excluding hydrogens is 235 g/mol. The smallest absolute Gasteiger partial charge is 0.537 e.